The number of primary amides is 1. The highest BCUT2D eigenvalue weighted by atomic mass is 32.1. The molecule has 4 aromatic rings. The molecule has 0 saturated carbocycles. The predicted molar refractivity (Wildman–Crippen MR) is 129 cm³/mol. The summed E-state index contributed by atoms with van der Waals surface area (Å²) in [5.41, 5.74) is 9.72. The van der Waals surface area contributed by atoms with Gasteiger partial charge in [0.1, 0.15) is 11.3 Å². The molecule has 0 unspecified atom stereocenters. The quantitative estimate of drug-likeness (QED) is 0.439. The van der Waals surface area contributed by atoms with Crippen LogP contribution in [-0.4, -0.2) is 27.0 Å². The highest BCUT2D eigenvalue weighted by Crippen LogP contribution is 2.51. The molecule has 5 rings (SSSR count). The maximum Gasteiger partial charge on any atom is 0.248 e. The summed E-state index contributed by atoms with van der Waals surface area (Å²) in [6.45, 7) is 3.80. The van der Waals surface area contributed by atoms with Crippen molar-refractivity contribution in [2.24, 2.45) is 11.1 Å². The van der Waals surface area contributed by atoms with E-state index >= 15 is 0 Å². The normalized spacial score (nSPS) is 14.5. The molecule has 1 aliphatic rings. The van der Waals surface area contributed by atoms with Gasteiger partial charge in [0.2, 0.25) is 22.8 Å². The fraction of sp³-hybridized carbons (Fsp3) is 0.160. The van der Waals surface area contributed by atoms with E-state index in [2.05, 4.69) is 15.5 Å². The van der Waals surface area contributed by atoms with Crippen LogP contribution in [0, 0.1) is 5.41 Å². The van der Waals surface area contributed by atoms with E-state index in [1.54, 1.807) is 29.8 Å². The van der Waals surface area contributed by atoms with E-state index < -0.39 is 11.3 Å². The van der Waals surface area contributed by atoms with Crippen LogP contribution in [0.15, 0.2) is 66.2 Å². The molecule has 2 amide bonds. The summed E-state index contributed by atoms with van der Waals surface area (Å²) >= 11 is 1.27. The summed E-state index contributed by atoms with van der Waals surface area (Å²) < 4.78 is 6.18. The first-order chi connectivity index (χ1) is 16.3. The highest BCUT2D eigenvalue weighted by molar-refractivity contribution is 7.13. The van der Waals surface area contributed by atoms with Crippen molar-refractivity contribution in [3.63, 3.8) is 0 Å². The van der Waals surface area contributed by atoms with Crippen molar-refractivity contribution in [2.45, 2.75) is 19.8 Å². The zero-order chi connectivity index (χ0) is 23.9. The van der Waals surface area contributed by atoms with Gasteiger partial charge in [0.25, 0.3) is 0 Å². The SMILES string of the molecule is CC(C)(C(=O)Nc1nncs1)[C@H]1c2ccccc2Oc2nc(-c3ccc(C(N)=O)cc3)ccc21. The topological polar surface area (TPSA) is 120 Å². The van der Waals surface area contributed by atoms with Gasteiger partial charge < -0.3 is 15.8 Å². The Labute approximate surface area is 199 Å². The molecule has 0 aliphatic carbocycles. The van der Waals surface area contributed by atoms with Crippen LogP contribution in [0.4, 0.5) is 5.13 Å². The number of hydrogen-bond donors (Lipinski definition) is 2. The Morgan fingerprint density at radius 1 is 1.03 bits per heavy atom. The van der Waals surface area contributed by atoms with Crippen molar-refractivity contribution in [1.29, 1.82) is 0 Å². The Morgan fingerprint density at radius 3 is 2.50 bits per heavy atom. The number of amides is 2. The molecule has 1 aliphatic heterocycles. The Kier molecular flexibility index (Phi) is 5.33. The zero-order valence-corrected chi connectivity index (χ0v) is 19.3. The molecule has 0 saturated heterocycles. The monoisotopic (exact) mass is 471 g/mol. The lowest BCUT2D eigenvalue weighted by atomic mass is 9.69. The molecular weight excluding hydrogens is 450 g/mol. The number of fused-ring (bicyclic) bond motifs is 2. The van der Waals surface area contributed by atoms with Gasteiger partial charge in [-0.15, -0.1) is 10.2 Å². The Morgan fingerprint density at radius 2 is 1.79 bits per heavy atom. The van der Waals surface area contributed by atoms with Crippen LogP contribution in [0.3, 0.4) is 0 Å². The molecule has 0 fully saturated rings. The first-order valence-electron chi connectivity index (χ1n) is 10.6. The lowest BCUT2D eigenvalue weighted by Crippen LogP contribution is -2.38. The summed E-state index contributed by atoms with van der Waals surface area (Å²) in [7, 11) is 0. The number of aromatic nitrogens is 3. The van der Waals surface area contributed by atoms with Crippen molar-refractivity contribution in [1.82, 2.24) is 15.2 Å². The number of carbonyl (C=O) groups excluding carboxylic acids is 2. The largest absolute Gasteiger partial charge is 0.438 e. The second kappa shape index (κ2) is 8.35. The molecule has 2 aromatic heterocycles. The van der Waals surface area contributed by atoms with Crippen LogP contribution in [-0.2, 0) is 4.79 Å². The van der Waals surface area contributed by atoms with Crippen LogP contribution >= 0.6 is 11.3 Å². The second-order valence-electron chi connectivity index (χ2n) is 8.53. The molecule has 9 heteroatoms. The number of rotatable bonds is 5. The third kappa shape index (κ3) is 3.80. The number of carbonyl (C=O) groups is 2. The van der Waals surface area contributed by atoms with Crippen molar-refractivity contribution in [3.8, 4) is 22.9 Å². The maximum atomic E-state index is 13.4. The molecule has 3 heterocycles. The fourth-order valence-corrected chi connectivity index (χ4v) is 4.64. The fourth-order valence-electron chi connectivity index (χ4n) is 4.20. The van der Waals surface area contributed by atoms with Crippen molar-refractivity contribution >= 4 is 28.3 Å². The third-order valence-electron chi connectivity index (χ3n) is 5.99. The average Bonchev–Trinajstić information content (AvgIpc) is 3.35. The number of ether oxygens (including phenoxy) is 1. The predicted octanol–water partition coefficient (Wildman–Crippen LogP) is 4.60. The van der Waals surface area contributed by atoms with Crippen LogP contribution < -0.4 is 15.8 Å². The van der Waals surface area contributed by atoms with E-state index in [4.69, 9.17) is 15.5 Å². The van der Waals surface area contributed by atoms with Gasteiger partial charge in [-0.2, -0.15) is 0 Å². The number of hydrogen-bond acceptors (Lipinski definition) is 7. The first-order valence-corrected chi connectivity index (χ1v) is 11.5. The summed E-state index contributed by atoms with van der Waals surface area (Å²) in [5.74, 6) is 0.131. The van der Waals surface area contributed by atoms with Gasteiger partial charge in [0, 0.05) is 28.2 Å². The lowest BCUT2D eigenvalue weighted by Gasteiger charge is -2.37. The summed E-state index contributed by atoms with van der Waals surface area (Å²) in [5, 5.41) is 11.1. The number of benzene rings is 2. The minimum atomic E-state index is -0.855. The van der Waals surface area contributed by atoms with Crippen LogP contribution in [0.2, 0.25) is 0 Å². The summed E-state index contributed by atoms with van der Waals surface area (Å²) in [6, 6.07) is 18.4. The summed E-state index contributed by atoms with van der Waals surface area (Å²) in [4.78, 5) is 29.5. The minimum absolute atomic E-state index is 0.178. The third-order valence-corrected chi connectivity index (χ3v) is 6.60. The molecular formula is C25H21N5O3S. The van der Waals surface area contributed by atoms with Gasteiger partial charge in [-0.05, 0) is 24.3 Å². The van der Waals surface area contributed by atoms with Crippen LogP contribution in [0.25, 0.3) is 11.3 Å². The van der Waals surface area contributed by atoms with Gasteiger partial charge in [-0.1, -0.05) is 61.6 Å². The van der Waals surface area contributed by atoms with Crippen molar-refractivity contribution in [3.05, 3.63) is 82.9 Å². The molecule has 0 radical (unpaired) electrons. The molecule has 0 spiro atoms. The molecule has 3 N–H and O–H groups in total. The zero-order valence-electron chi connectivity index (χ0n) is 18.5. The number of anilines is 1. The standard InChI is InChI=1S/C25H21N5O3S/c1-25(2,23(32)29-24-30-27-13-34-24)20-16-5-3-4-6-19(16)33-22-17(20)11-12-18(28-22)14-7-9-15(10-8-14)21(26)31/h3-13,20H,1-2H3,(H2,26,31)(H,29,30,32)/t20-/m0/s1. The second-order valence-corrected chi connectivity index (χ2v) is 9.36. The van der Waals surface area contributed by atoms with E-state index in [0.29, 0.717) is 28.0 Å². The first kappa shape index (κ1) is 21.7. The molecule has 34 heavy (non-hydrogen) atoms. The van der Waals surface area contributed by atoms with E-state index in [1.807, 2.05) is 50.2 Å². The van der Waals surface area contributed by atoms with Crippen molar-refractivity contribution in [2.75, 3.05) is 5.32 Å². The van der Waals surface area contributed by atoms with Gasteiger partial charge in [0.05, 0.1) is 11.1 Å². The molecule has 0 bridgehead atoms. The number of nitrogens with one attached hydrogen (secondary N) is 1. The maximum absolute atomic E-state index is 13.4. The van der Waals surface area contributed by atoms with Crippen LogP contribution in [0.5, 0.6) is 11.6 Å². The smallest absolute Gasteiger partial charge is 0.248 e. The summed E-state index contributed by atoms with van der Waals surface area (Å²) in [6.07, 6.45) is 0. The van der Waals surface area contributed by atoms with Gasteiger partial charge in [-0.3, -0.25) is 9.59 Å². The lowest BCUT2D eigenvalue weighted by molar-refractivity contribution is -0.124. The minimum Gasteiger partial charge on any atom is -0.438 e. The molecule has 8 nitrogen and oxygen atoms in total. The molecule has 2 aromatic carbocycles. The number of pyridine rings is 1. The Hall–Kier alpha value is -4.11. The van der Waals surface area contributed by atoms with E-state index in [1.165, 1.54) is 11.3 Å². The number of nitrogens with two attached hydrogens (primary N) is 1. The number of nitrogens with zero attached hydrogens (tertiary/aromatic N) is 3. The average molecular weight is 472 g/mol. The molecule has 1 atom stereocenters. The van der Waals surface area contributed by atoms with Gasteiger partial charge >= 0.3 is 0 Å². The van der Waals surface area contributed by atoms with Crippen LogP contribution in [0.1, 0.15) is 41.3 Å². The highest BCUT2D eigenvalue weighted by Gasteiger charge is 2.44. The van der Waals surface area contributed by atoms with E-state index in [0.717, 1.165) is 16.7 Å². The number of para-hydroxylation sites is 1. The van der Waals surface area contributed by atoms with E-state index in [-0.39, 0.29) is 11.8 Å². The van der Waals surface area contributed by atoms with Gasteiger partial charge in [0.15, 0.2) is 0 Å². The molecule has 170 valence electrons. The van der Waals surface area contributed by atoms with Crippen molar-refractivity contribution < 1.29 is 14.3 Å². The van der Waals surface area contributed by atoms with Gasteiger partial charge in [-0.25, -0.2) is 4.98 Å². The van der Waals surface area contributed by atoms with E-state index in [9.17, 15) is 9.59 Å². The Balaban J connectivity index is 1.56. The Bertz CT molecular complexity index is 1380.